The van der Waals surface area contributed by atoms with Crippen LogP contribution in [0.3, 0.4) is 0 Å². The van der Waals surface area contributed by atoms with E-state index in [0.29, 0.717) is 6.54 Å². The summed E-state index contributed by atoms with van der Waals surface area (Å²) < 4.78 is 4.51. The van der Waals surface area contributed by atoms with Crippen LogP contribution in [-0.4, -0.2) is 35.3 Å². The lowest BCUT2D eigenvalue weighted by atomic mass is 9.87. The van der Waals surface area contributed by atoms with Gasteiger partial charge in [-0.05, 0) is 12.5 Å². The third kappa shape index (κ3) is 1.73. The van der Waals surface area contributed by atoms with Crippen molar-refractivity contribution in [2.75, 3.05) is 12.3 Å². The van der Waals surface area contributed by atoms with E-state index in [1.54, 1.807) is 0 Å². The molecule has 0 aromatic heterocycles. The molecule has 1 unspecified atom stereocenters. The van der Waals surface area contributed by atoms with Gasteiger partial charge < -0.3 is 20.9 Å². The monoisotopic (exact) mass is 290 g/mol. The normalized spacial score (nSPS) is 19.2. The van der Waals surface area contributed by atoms with Crippen molar-refractivity contribution in [1.29, 1.82) is 0 Å². The first-order chi connectivity index (χ1) is 9.84. The topological polar surface area (TPSA) is 146 Å². The van der Waals surface area contributed by atoms with Crippen LogP contribution in [0.2, 0.25) is 0 Å². The Kier molecular flexibility index (Phi) is 2.60. The highest BCUT2D eigenvalue weighted by molar-refractivity contribution is 6.23. The molecule has 0 spiro atoms. The Morgan fingerprint density at radius 1 is 1.24 bits per heavy atom. The quantitative estimate of drug-likeness (QED) is 0.234. The second-order valence-electron chi connectivity index (χ2n) is 4.83. The number of nitrogens with one attached hydrogen (secondary N) is 1. The summed E-state index contributed by atoms with van der Waals surface area (Å²) in [5.41, 5.74) is 4.48. The second kappa shape index (κ2) is 4.13. The molecule has 1 fully saturated rings. The van der Waals surface area contributed by atoms with E-state index in [4.69, 9.17) is 5.73 Å². The molecule has 2 heterocycles. The van der Waals surface area contributed by atoms with E-state index in [1.165, 1.54) is 6.92 Å². The fourth-order valence-electron chi connectivity index (χ4n) is 2.60. The van der Waals surface area contributed by atoms with E-state index in [2.05, 4.69) is 10.1 Å². The number of benzene rings is 1. The predicted octanol–water partition coefficient (Wildman–Crippen LogP) is 0.125. The maximum absolute atomic E-state index is 11.9. The van der Waals surface area contributed by atoms with Crippen LogP contribution in [0.1, 0.15) is 60.0 Å². The molecule has 2 aliphatic rings. The molecule has 1 atom stereocenters. The highest BCUT2D eigenvalue weighted by Crippen LogP contribution is 2.40. The minimum Gasteiger partial charge on any atom is -0.478 e. The van der Waals surface area contributed by atoms with Crippen molar-refractivity contribution in [2.24, 2.45) is 0 Å². The first-order valence-electron chi connectivity index (χ1n) is 6.08. The van der Waals surface area contributed by atoms with Gasteiger partial charge >= 0.3 is 17.9 Å². The number of nitrogen functional groups attached to an aromatic ring is 1. The van der Waals surface area contributed by atoms with Gasteiger partial charge in [0.15, 0.2) is 5.78 Å². The molecule has 1 aromatic carbocycles. The number of aromatic carboxylic acids is 1. The molecule has 8 nitrogen and oxygen atoms in total. The summed E-state index contributed by atoms with van der Waals surface area (Å²) in [6.07, 6.45) is 0. The number of anilines is 1. The SMILES string of the molecule is CC(=O)c1c(C(=O)O)c(N)c2c(c1C1CN1)C(=O)OC2=O. The average Bonchev–Trinajstić information content (AvgIpc) is 3.15. The number of carboxylic acids is 1. The fraction of sp³-hybridized carbons (Fsp3) is 0.231. The summed E-state index contributed by atoms with van der Waals surface area (Å²) in [5.74, 6) is -3.89. The fourth-order valence-corrected chi connectivity index (χ4v) is 2.60. The van der Waals surface area contributed by atoms with Crippen LogP contribution in [0.15, 0.2) is 0 Å². The Bertz CT molecular complexity index is 748. The van der Waals surface area contributed by atoms with Gasteiger partial charge in [0.1, 0.15) is 0 Å². The Morgan fingerprint density at radius 2 is 1.81 bits per heavy atom. The molecule has 21 heavy (non-hydrogen) atoms. The number of carbonyl (C=O) groups excluding carboxylic acids is 3. The minimum absolute atomic E-state index is 0.109. The zero-order chi connectivity index (χ0) is 15.5. The van der Waals surface area contributed by atoms with E-state index >= 15 is 0 Å². The minimum atomic E-state index is -1.44. The number of ether oxygens (including phenoxy) is 1. The number of carboxylic acid groups (broad SMARTS) is 1. The molecular formula is C13H10N2O6. The van der Waals surface area contributed by atoms with Crippen molar-refractivity contribution in [1.82, 2.24) is 5.32 Å². The molecule has 0 saturated carbocycles. The van der Waals surface area contributed by atoms with Crippen molar-refractivity contribution >= 4 is 29.4 Å². The molecule has 8 heteroatoms. The molecular weight excluding hydrogens is 280 g/mol. The van der Waals surface area contributed by atoms with Gasteiger partial charge in [0.25, 0.3) is 0 Å². The zero-order valence-electron chi connectivity index (χ0n) is 10.9. The number of carbonyl (C=O) groups is 4. The first-order valence-corrected chi connectivity index (χ1v) is 6.08. The Labute approximate surface area is 117 Å². The molecule has 0 bridgehead atoms. The average molecular weight is 290 g/mol. The predicted molar refractivity (Wildman–Crippen MR) is 68.3 cm³/mol. The van der Waals surface area contributed by atoms with Gasteiger partial charge in [-0.1, -0.05) is 0 Å². The van der Waals surface area contributed by atoms with Crippen molar-refractivity contribution < 1.29 is 29.0 Å². The maximum atomic E-state index is 11.9. The number of hydrogen-bond donors (Lipinski definition) is 3. The number of cyclic esters (lactones) is 2. The lowest BCUT2D eigenvalue weighted by molar-refractivity contribution is 0.0443. The van der Waals surface area contributed by atoms with Crippen LogP contribution in [0.5, 0.6) is 0 Å². The summed E-state index contributed by atoms with van der Waals surface area (Å²) in [5, 5.41) is 12.2. The molecule has 1 aromatic rings. The number of nitrogens with two attached hydrogens (primary N) is 1. The van der Waals surface area contributed by atoms with Gasteiger partial charge in [-0.25, -0.2) is 14.4 Å². The third-order valence-corrected chi connectivity index (χ3v) is 3.49. The summed E-state index contributed by atoms with van der Waals surface area (Å²) in [6.45, 7) is 1.65. The molecule has 0 aliphatic carbocycles. The van der Waals surface area contributed by atoms with Gasteiger partial charge in [-0.3, -0.25) is 4.79 Å². The van der Waals surface area contributed by atoms with Gasteiger partial charge in [0.05, 0.1) is 22.4 Å². The van der Waals surface area contributed by atoms with E-state index < -0.39 is 34.9 Å². The van der Waals surface area contributed by atoms with E-state index in [0.717, 1.165) is 0 Å². The number of fused-ring (bicyclic) bond motifs is 1. The molecule has 3 rings (SSSR count). The van der Waals surface area contributed by atoms with E-state index in [-0.39, 0.29) is 28.3 Å². The maximum Gasteiger partial charge on any atom is 0.349 e. The molecule has 2 aliphatic heterocycles. The Hall–Kier alpha value is -2.74. The smallest absolute Gasteiger partial charge is 0.349 e. The van der Waals surface area contributed by atoms with Crippen molar-refractivity contribution in [2.45, 2.75) is 13.0 Å². The van der Waals surface area contributed by atoms with E-state index in [1.807, 2.05) is 0 Å². The third-order valence-electron chi connectivity index (χ3n) is 3.49. The lowest BCUT2D eigenvalue weighted by Crippen LogP contribution is -2.18. The number of hydrogen-bond acceptors (Lipinski definition) is 7. The second-order valence-corrected chi connectivity index (χ2v) is 4.83. The zero-order valence-corrected chi connectivity index (χ0v) is 10.9. The number of rotatable bonds is 3. The first kappa shape index (κ1) is 13.3. The summed E-state index contributed by atoms with van der Waals surface area (Å²) in [7, 11) is 0. The van der Waals surface area contributed by atoms with Crippen molar-refractivity contribution in [3.63, 3.8) is 0 Å². The summed E-state index contributed by atoms with van der Waals surface area (Å²) in [6, 6.07) is -0.366. The molecule has 0 amide bonds. The highest BCUT2D eigenvalue weighted by Gasteiger charge is 2.44. The molecule has 1 saturated heterocycles. The number of ketones is 1. The van der Waals surface area contributed by atoms with Gasteiger partial charge in [-0.2, -0.15) is 0 Å². The van der Waals surface area contributed by atoms with Gasteiger partial charge in [0.2, 0.25) is 0 Å². The van der Waals surface area contributed by atoms with E-state index in [9.17, 15) is 24.3 Å². The largest absolute Gasteiger partial charge is 0.478 e. The molecule has 4 N–H and O–H groups in total. The number of Topliss-reactive ketones (excluding diaryl/α,β-unsaturated/α-hetero) is 1. The number of esters is 2. The van der Waals surface area contributed by atoms with Crippen molar-refractivity contribution in [3.8, 4) is 0 Å². The molecule has 108 valence electrons. The lowest BCUT2D eigenvalue weighted by Gasteiger charge is -2.14. The van der Waals surface area contributed by atoms with Crippen LogP contribution in [-0.2, 0) is 4.74 Å². The van der Waals surface area contributed by atoms with Gasteiger partial charge in [0, 0.05) is 18.2 Å². The highest BCUT2D eigenvalue weighted by atomic mass is 16.6. The standard InChI is InChI=1S/C13H10N2O6/c1-3(16)5-6(4-2-15-4)7-9(13(20)21-12(7)19)10(14)8(5)11(17)18/h4,15H,2,14H2,1H3,(H,17,18). The van der Waals surface area contributed by atoms with Crippen LogP contribution < -0.4 is 11.1 Å². The van der Waals surface area contributed by atoms with Crippen LogP contribution in [0.25, 0.3) is 0 Å². The summed E-state index contributed by atoms with van der Waals surface area (Å²) in [4.78, 5) is 46.9. The van der Waals surface area contributed by atoms with Gasteiger partial charge in [-0.15, -0.1) is 0 Å². The Morgan fingerprint density at radius 3 is 2.29 bits per heavy atom. The van der Waals surface area contributed by atoms with Crippen molar-refractivity contribution in [3.05, 3.63) is 27.8 Å². The van der Waals surface area contributed by atoms with Crippen LogP contribution >= 0.6 is 0 Å². The Balaban J connectivity index is 2.50. The van der Waals surface area contributed by atoms with Crippen LogP contribution in [0, 0.1) is 0 Å². The summed E-state index contributed by atoms with van der Waals surface area (Å²) >= 11 is 0. The van der Waals surface area contributed by atoms with Crippen LogP contribution in [0.4, 0.5) is 5.69 Å². The molecule has 0 radical (unpaired) electrons.